The molecule has 2 aromatic rings. The summed E-state index contributed by atoms with van der Waals surface area (Å²) in [4.78, 5) is 25.7. The number of aliphatic carboxylic acids is 1. The number of hydrogen-bond donors (Lipinski definition) is 1. The Bertz CT molecular complexity index is 820. The van der Waals surface area contributed by atoms with Gasteiger partial charge in [-0.25, -0.2) is 4.79 Å². The Morgan fingerprint density at radius 3 is 2.23 bits per heavy atom. The molecule has 0 atom stereocenters. The van der Waals surface area contributed by atoms with E-state index in [1.54, 1.807) is 12.1 Å². The molecule has 0 aliphatic carbocycles. The highest BCUT2D eigenvalue weighted by molar-refractivity contribution is 5.90. The van der Waals surface area contributed by atoms with Crippen LogP contribution in [0.5, 0.6) is 0 Å². The first-order valence-electron chi connectivity index (χ1n) is 8.65. The Labute approximate surface area is 153 Å². The lowest BCUT2D eigenvalue weighted by Crippen LogP contribution is -2.64. The molecule has 1 N–H and O–H groups in total. The van der Waals surface area contributed by atoms with E-state index < -0.39 is 11.4 Å². The molecule has 0 bridgehead atoms. The van der Waals surface area contributed by atoms with Crippen molar-refractivity contribution < 1.29 is 19.4 Å². The standard InChI is InChI=1S/C21H23NO4/c1-14(2)17-6-4-5-7-18(17)21(20(24)25)12-22(13-21)16-10-8-15(9-11-16)19(23)26-3/h4-11,14H,12-13H2,1-3H3,(H,24,25). The van der Waals surface area contributed by atoms with Gasteiger partial charge in [0, 0.05) is 18.8 Å². The fourth-order valence-corrected chi connectivity index (χ4v) is 3.57. The third kappa shape index (κ3) is 2.94. The maximum absolute atomic E-state index is 12.2. The van der Waals surface area contributed by atoms with Crippen molar-refractivity contribution >= 4 is 17.6 Å². The first-order valence-corrected chi connectivity index (χ1v) is 8.65. The van der Waals surface area contributed by atoms with Crippen LogP contribution in [0.2, 0.25) is 0 Å². The molecule has 5 nitrogen and oxygen atoms in total. The fourth-order valence-electron chi connectivity index (χ4n) is 3.57. The van der Waals surface area contributed by atoms with Gasteiger partial charge in [0.05, 0.1) is 12.7 Å². The van der Waals surface area contributed by atoms with Crippen LogP contribution in [0.3, 0.4) is 0 Å². The van der Waals surface area contributed by atoms with Gasteiger partial charge in [0.15, 0.2) is 0 Å². The van der Waals surface area contributed by atoms with Gasteiger partial charge in [-0.1, -0.05) is 38.1 Å². The number of carboxylic acids is 1. The first kappa shape index (κ1) is 18.0. The second-order valence-corrected chi connectivity index (χ2v) is 7.02. The van der Waals surface area contributed by atoms with Crippen molar-refractivity contribution in [2.24, 2.45) is 0 Å². The number of carboxylic acid groups (broad SMARTS) is 1. The Balaban J connectivity index is 1.86. The summed E-state index contributed by atoms with van der Waals surface area (Å²) in [7, 11) is 1.35. The molecule has 0 aromatic heterocycles. The van der Waals surface area contributed by atoms with Crippen LogP contribution in [-0.2, 0) is 14.9 Å². The lowest BCUT2D eigenvalue weighted by molar-refractivity contribution is -0.145. The van der Waals surface area contributed by atoms with E-state index in [0.717, 1.165) is 16.8 Å². The van der Waals surface area contributed by atoms with E-state index in [0.29, 0.717) is 18.7 Å². The average molecular weight is 353 g/mol. The number of esters is 1. The summed E-state index contributed by atoms with van der Waals surface area (Å²) in [5, 5.41) is 9.97. The number of ether oxygens (including phenoxy) is 1. The maximum atomic E-state index is 12.2. The molecule has 0 unspecified atom stereocenters. The molecule has 2 aromatic carbocycles. The minimum absolute atomic E-state index is 0.260. The molecule has 5 heteroatoms. The number of nitrogens with zero attached hydrogens (tertiary/aromatic N) is 1. The number of methoxy groups -OCH3 is 1. The van der Waals surface area contributed by atoms with E-state index in [1.807, 2.05) is 41.3 Å². The molecular formula is C21H23NO4. The van der Waals surface area contributed by atoms with Gasteiger partial charge in [-0.2, -0.15) is 0 Å². The highest BCUT2D eigenvalue weighted by Crippen LogP contribution is 2.41. The van der Waals surface area contributed by atoms with Crippen molar-refractivity contribution in [2.75, 3.05) is 25.1 Å². The van der Waals surface area contributed by atoms with Crippen molar-refractivity contribution in [3.8, 4) is 0 Å². The van der Waals surface area contributed by atoms with E-state index in [4.69, 9.17) is 4.74 Å². The number of carbonyl (C=O) groups is 2. The van der Waals surface area contributed by atoms with E-state index in [9.17, 15) is 14.7 Å². The summed E-state index contributed by atoms with van der Waals surface area (Å²) in [6.45, 7) is 4.97. The van der Waals surface area contributed by atoms with Crippen LogP contribution < -0.4 is 4.90 Å². The minimum Gasteiger partial charge on any atom is -0.480 e. The number of carbonyl (C=O) groups excluding carboxylic acids is 1. The Morgan fingerprint density at radius 2 is 1.69 bits per heavy atom. The van der Waals surface area contributed by atoms with Crippen LogP contribution in [0.25, 0.3) is 0 Å². The van der Waals surface area contributed by atoms with Gasteiger partial charge in [-0.05, 0) is 41.3 Å². The summed E-state index contributed by atoms with van der Waals surface area (Å²) in [5.74, 6) is -0.922. The second kappa shape index (κ2) is 6.83. The molecule has 1 saturated heterocycles. The zero-order valence-electron chi connectivity index (χ0n) is 15.2. The molecule has 136 valence electrons. The maximum Gasteiger partial charge on any atom is 0.337 e. The zero-order chi connectivity index (χ0) is 18.9. The lowest BCUT2D eigenvalue weighted by Gasteiger charge is -2.49. The van der Waals surface area contributed by atoms with Crippen LogP contribution in [0, 0.1) is 0 Å². The van der Waals surface area contributed by atoms with Crippen LogP contribution in [0.15, 0.2) is 48.5 Å². The third-order valence-corrected chi connectivity index (χ3v) is 5.08. The first-order chi connectivity index (χ1) is 12.4. The molecule has 1 aliphatic rings. The molecule has 1 heterocycles. The molecule has 1 fully saturated rings. The van der Waals surface area contributed by atoms with Gasteiger partial charge < -0.3 is 14.7 Å². The van der Waals surface area contributed by atoms with Crippen molar-refractivity contribution in [1.82, 2.24) is 0 Å². The predicted molar refractivity (Wildman–Crippen MR) is 99.8 cm³/mol. The number of benzene rings is 2. The van der Waals surface area contributed by atoms with Gasteiger partial charge in [-0.15, -0.1) is 0 Å². The zero-order valence-corrected chi connectivity index (χ0v) is 15.2. The molecule has 0 radical (unpaired) electrons. The SMILES string of the molecule is COC(=O)c1ccc(N2CC(C(=O)O)(c3ccccc3C(C)C)C2)cc1. The van der Waals surface area contributed by atoms with Crippen molar-refractivity contribution in [3.05, 3.63) is 65.2 Å². The molecule has 3 rings (SSSR count). The van der Waals surface area contributed by atoms with Crippen LogP contribution in [-0.4, -0.2) is 37.2 Å². The lowest BCUT2D eigenvalue weighted by atomic mass is 9.70. The van der Waals surface area contributed by atoms with E-state index >= 15 is 0 Å². The Kier molecular flexibility index (Phi) is 4.72. The molecular weight excluding hydrogens is 330 g/mol. The summed E-state index contributed by atoms with van der Waals surface area (Å²) < 4.78 is 4.70. The fraction of sp³-hybridized carbons (Fsp3) is 0.333. The van der Waals surface area contributed by atoms with Gasteiger partial charge in [0.1, 0.15) is 5.41 Å². The average Bonchev–Trinajstić information content (AvgIpc) is 2.60. The van der Waals surface area contributed by atoms with Gasteiger partial charge >= 0.3 is 11.9 Å². The number of anilines is 1. The Morgan fingerprint density at radius 1 is 1.08 bits per heavy atom. The summed E-state index contributed by atoms with van der Waals surface area (Å²) in [6.07, 6.45) is 0. The van der Waals surface area contributed by atoms with Crippen LogP contribution in [0.4, 0.5) is 5.69 Å². The Hall–Kier alpha value is -2.82. The highest BCUT2D eigenvalue weighted by Gasteiger charge is 2.52. The molecule has 26 heavy (non-hydrogen) atoms. The van der Waals surface area contributed by atoms with E-state index in [2.05, 4.69) is 13.8 Å². The topological polar surface area (TPSA) is 66.8 Å². The van der Waals surface area contributed by atoms with Gasteiger partial charge in [0.25, 0.3) is 0 Å². The van der Waals surface area contributed by atoms with Crippen molar-refractivity contribution in [1.29, 1.82) is 0 Å². The minimum atomic E-state index is -0.901. The largest absolute Gasteiger partial charge is 0.480 e. The number of hydrogen-bond acceptors (Lipinski definition) is 4. The molecule has 0 saturated carbocycles. The quantitative estimate of drug-likeness (QED) is 0.834. The van der Waals surface area contributed by atoms with Crippen molar-refractivity contribution in [2.45, 2.75) is 25.2 Å². The molecule has 1 aliphatic heterocycles. The van der Waals surface area contributed by atoms with Crippen LogP contribution in [0.1, 0.15) is 41.3 Å². The van der Waals surface area contributed by atoms with Gasteiger partial charge in [-0.3, -0.25) is 4.79 Å². The van der Waals surface area contributed by atoms with Gasteiger partial charge in [0.2, 0.25) is 0 Å². The summed E-state index contributed by atoms with van der Waals surface area (Å²) in [6, 6.07) is 14.8. The second-order valence-electron chi connectivity index (χ2n) is 7.02. The normalized spacial score (nSPS) is 15.5. The highest BCUT2D eigenvalue weighted by atomic mass is 16.5. The van der Waals surface area contributed by atoms with E-state index in [-0.39, 0.29) is 11.9 Å². The summed E-state index contributed by atoms with van der Waals surface area (Å²) >= 11 is 0. The summed E-state index contributed by atoms with van der Waals surface area (Å²) in [5.41, 5.74) is 2.45. The third-order valence-electron chi connectivity index (χ3n) is 5.08. The van der Waals surface area contributed by atoms with E-state index in [1.165, 1.54) is 7.11 Å². The monoisotopic (exact) mass is 353 g/mol. The predicted octanol–water partition coefficient (Wildman–Crippen LogP) is 3.44. The van der Waals surface area contributed by atoms with Crippen molar-refractivity contribution in [3.63, 3.8) is 0 Å². The molecule has 0 spiro atoms. The molecule has 0 amide bonds. The van der Waals surface area contributed by atoms with Crippen LogP contribution >= 0.6 is 0 Å². The smallest absolute Gasteiger partial charge is 0.337 e. The number of rotatable bonds is 5.